The highest BCUT2D eigenvalue weighted by atomic mass is 16.6. The first-order chi connectivity index (χ1) is 14.3. The maximum atomic E-state index is 12.4. The Labute approximate surface area is 174 Å². The number of hydrogen-bond acceptors (Lipinski definition) is 7. The molecule has 1 atom stereocenters. The van der Waals surface area contributed by atoms with Crippen LogP contribution in [-0.2, 0) is 20.7 Å². The van der Waals surface area contributed by atoms with Gasteiger partial charge in [0.25, 0.3) is 11.6 Å². The average molecular weight is 415 g/mol. The fourth-order valence-electron chi connectivity index (χ4n) is 2.60. The number of methoxy groups -OCH3 is 1. The van der Waals surface area contributed by atoms with Crippen molar-refractivity contribution in [2.75, 3.05) is 30.9 Å². The minimum absolute atomic E-state index is 0.0223. The first-order valence-electron chi connectivity index (χ1n) is 9.47. The second-order valence-electron chi connectivity index (χ2n) is 6.50. The third-order valence-electron chi connectivity index (χ3n) is 4.33. The Hall–Kier alpha value is -3.46. The maximum Gasteiger partial charge on any atom is 0.339 e. The molecule has 0 bridgehead atoms. The molecular weight excluding hydrogens is 390 g/mol. The Morgan fingerprint density at radius 3 is 2.47 bits per heavy atom. The first kappa shape index (κ1) is 22.8. The number of carbonyl (C=O) groups excluding carboxylic acids is 2. The predicted octanol–water partition coefficient (Wildman–Crippen LogP) is 3.40. The van der Waals surface area contributed by atoms with Gasteiger partial charge in [0.15, 0.2) is 6.10 Å². The van der Waals surface area contributed by atoms with Crippen molar-refractivity contribution in [3.63, 3.8) is 0 Å². The standard InChI is InChI=1S/C21H25N3O6/c1-4-15-5-8-17(9-6-15)23-20(25)14(2)30-21(26)16-7-10-18(22-11-12-29-3)19(13-16)24(27)28/h5-10,13-14,22H,4,11-12H2,1-3H3,(H,23,25). The number of nitro groups is 1. The van der Waals surface area contributed by atoms with E-state index in [1.165, 1.54) is 26.2 Å². The molecule has 1 amide bonds. The van der Waals surface area contributed by atoms with E-state index in [4.69, 9.17) is 9.47 Å². The van der Waals surface area contributed by atoms with Gasteiger partial charge in [-0.15, -0.1) is 0 Å². The second-order valence-corrected chi connectivity index (χ2v) is 6.50. The van der Waals surface area contributed by atoms with E-state index in [-0.39, 0.29) is 16.9 Å². The molecule has 1 unspecified atom stereocenters. The summed E-state index contributed by atoms with van der Waals surface area (Å²) in [5.74, 6) is -1.33. The Morgan fingerprint density at radius 1 is 1.17 bits per heavy atom. The highest BCUT2D eigenvalue weighted by Gasteiger charge is 2.22. The van der Waals surface area contributed by atoms with E-state index in [2.05, 4.69) is 10.6 Å². The van der Waals surface area contributed by atoms with E-state index in [0.717, 1.165) is 18.1 Å². The molecule has 0 heterocycles. The van der Waals surface area contributed by atoms with Crippen LogP contribution < -0.4 is 10.6 Å². The smallest absolute Gasteiger partial charge is 0.339 e. The lowest BCUT2D eigenvalue weighted by atomic mass is 10.1. The van der Waals surface area contributed by atoms with Crippen LogP contribution in [0.2, 0.25) is 0 Å². The molecule has 0 aliphatic heterocycles. The molecule has 0 aliphatic carbocycles. The number of benzene rings is 2. The summed E-state index contributed by atoms with van der Waals surface area (Å²) in [5, 5.41) is 16.9. The third kappa shape index (κ3) is 6.28. The minimum atomic E-state index is -1.08. The molecule has 0 saturated carbocycles. The number of nitrogens with one attached hydrogen (secondary N) is 2. The van der Waals surface area contributed by atoms with E-state index in [1.807, 2.05) is 19.1 Å². The zero-order valence-corrected chi connectivity index (χ0v) is 17.1. The van der Waals surface area contributed by atoms with Crippen molar-refractivity contribution in [2.24, 2.45) is 0 Å². The van der Waals surface area contributed by atoms with Crippen molar-refractivity contribution < 1.29 is 24.0 Å². The number of rotatable bonds is 10. The van der Waals surface area contributed by atoms with E-state index in [9.17, 15) is 19.7 Å². The second kappa shape index (κ2) is 10.9. The van der Waals surface area contributed by atoms with Crippen LogP contribution in [0.1, 0.15) is 29.8 Å². The van der Waals surface area contributed by atoms with E-state index in [1.54, 1.807) is 12.1 Å². The van der Waals surface area contributed by atoms with Crippen LogP contribution in [0, 0.1) is 10.1 Å². The number of nitrogens with zero attached hydrogens (tertiary/aromatic N) is 1. The molecular formula is C21H25N3O6. The van der Waals surface area contributed by atoms with E-state index >= 15 is 0 Å². The van der Waals surface area contributed by atoms with Crippen LogP contribution in [0.3, 0.4) is 0 Å². The molecule has 9 heteroatoms. The minimum Gasteiger partial charge on any atom is -0.449 e. The lowest BCUT2D eigenvalue weighted by Gasteiger charge is -2.14. The van der Waals surface area contributed by atoms with Gasteiger partial charge in [-0.25, -0.2) is 4.79 Å². The van der Waals surface area contributed by atoms with Gasteiger partial charge in [-0.2, -0.15) is 0 Å². The molecule has 0 aliphatic rings. The van der Waals surface area contributed by atoms with Crippen LogP contribution in [-0.4, -0.2) is 43.2 Å². The number of aryl methyl sites for hydroxylation is 1. The van der Waals surface area contributed by atoms with E-state index in [0.29, 0.717) is 18.8 Å². The number of amides is 1. The summed E-state index contributed by atoms with van der Waals surface area (Å²) in [7, 11) is 1.52. The van der Waals surface area contributed by atoms with Crippen LogP contribution in [0.15, 0.2) is 42.5 Å². The number of hydrogen-bond donors (Lipinski definition) is 2. The van der Waals surface area contributed by atoms with E-state index < -0.39 is 22.9 Å². The van der Waals surface area contributed by atoms with Gasteiger partial charge < -0.3 is 20.1 Å². The summed E-state index contributed by atoms with van der Waals surface area (Å²) in [6, 6.07) is 11.3. The maximum absolute atomic E-state index is 12.4. The van der Waals surface area contributed by atoms with Crippen LogP contribution in [0.5, 0.6) is 0 Å². The molecule has 0 spiro atoms. The van der Waals surface area contributed by atoms with Crippen LogP contribution in [0.4, 0.5) is 17.1 Å². The van der Waals surface area contributed by atoms with Gasteiger partial charge in [0.05, 0.1) is 17.1 Å². The quantitative estimate of drug-likeness (QED) is 0.264. The van der Waals surface area contributed by atoms with Gasteiger partial charge in [0.1, 0.15) is 5.69 Å². The molecule has 0 fully saturated rings. The van der Waals surface area contributed by atoms with Crippen molar-refractivity contribution >= 4 is 28.9 Å². The molecule has 2 N–H and O–H groups in total. The van der Waals surface area contributed by atoms with Gasteiger partial charge in [-0.1, -0.05) is 19.1 Å². The third-order valence-corrected chi connectivity index (χ3v) is 4.33. The fraction of sp³-hybridized carbons (Fsp3) is 0.333. The Morgan fingerprint density at radius 2 is 1.87 bits per heavy atom. The number of esters is 1. The molecule has 2 aromatic rings. The molecule has 0 aromatic heterocycles. The largest absolute Gasteiger partial charge is 0.449 e. The Balaban J connectivity index is 2.03. The van der Waals surface area contributed by atoms with Crippen LogP contribution >= 0.6 is 0 Å². The average Bonchev–Trinajstić information content (AvgIpc) is 2.74. The van der Waals surface area contributed by atoms with Gasteiger partial charge in [-0.3, -0.25) is 14.9 Å². The Kier molecular flexibility index (Phi) is 8.30. The van der Waals surface area contributed by atoms with Crippen LogP contribution in [0.25, 0.3) is 0 Å². The molecule has 0 saturated heterocycles. The highest BCUT2D eigenvalue weighted by molar-refractivity contribution is 5.97. The summed E-state index contributed by atoms with van der Waals surface area (Å²) < 4.78 is 10.1. The monoisotopic (exact) mass is 415 g/mol. The summed E-state index contributed by atoms with van der Waals surface area (Å²) >= 11 is 0. The predicted molar refractivity (Wildman–Crippen MR) is 113 cm³/mol. The first-order valence-corrected chi connectivity index (χ1v) is 9.47. The topological polar surface area (TPSA) is 120 Å². The lowest BCUT2D eigenvalue weighted by Crippen LogP contribution is -2.30. The highest BCUT2D eigenvalue weighted by Crippen LogP contribution is 2.26. The summed E-state index contributed by atoms with van der Waals surface area (Å²) in [6.45, 7) is 4.21. The molecule has 0 radical (unpaired) electrons. The van der Waals surface area contributed by atoms with Gasteiger partial charge in [0, 0.05) is 25.4 Å². The summed E-state index contributed by atoms with van der Waals surface area (Å²) in [5.41, 5.74) is 1.69. The summed E-state index contributed by atoms with van der Waals surface area (Å²) in [4.78, 5) is 35.4. The van der Waals surface area contributed by atoms with Crippen molar-refractivity contribution in [2.45, 2.75) is 26.4 Å². The van der Waals surface area contributed by atoms with Gasteiger partial charge in [0.2, 0.25) is 0 Å². The molecule has 9 nitrogen and oxygen atoms in total. The number of ether oxygens (including phenoxy) is 2. The normalized spacial score (nSPS) is 11.4. The zero-order valence-electron chi connectivity index (χ0n) is 17.1. The molecule has 2 rings (SSSR count). The molecule has 2 aromatic carbocycles. The zero-order chi connectivity index (χ0) is 22.1. The van der Waals surface area contributed by atoms with Crippen molar-refractivity contribution in [1.82, 2.24) is 0 Å². The van der Waals surface area contributed by atoms with Crippen molar-refractivity contribution in [3.05, 3.63) is 63.7 Å². The SMILES string of the molecule is CCc1ccc(NC(=O)C(C)OC(=O)c2ccc(NCCOC)c([N+](=O)[O-])c2)cc1. The van der Waals surface area contributed by atoms with Crippen molar-refractivity contribution in [1.29, 1.82) is 0 Å². The number of anilines is 2. The molecule has 30 heavy (non-hydrogen) atoms. The van der Waals surface area contributed by atoms with Gasteiger partial charge >= 0.3 is 5.97 Å². The lowest BCUT2D eigenvalue weighted by molar-refractivity contribution is -0.384. The summed E-state index contributed by atoms with van der Waals surface area (Å²) in [6.07, 6.45) is -0.198. The van der Waals surface area contributed by atoms with Gasteiger partial charge in [-0.05, 0) is 43.2 Å². The Bertz CT molecular complexity index is 898. The van der Waals surface area contributed by atoms with Crippen molar-refractivity contribution in [3.8, 4) is 0 Å². The number of nitro benzene ring substituents is 1. The number of carbonyl (C=O) groups is 2. The fourth-order valence-corrected chi connectivity index (χ4v) is 2.60. The molecule has 160 valence electrons.